The van der Waals surface area contributed by atoms with Crippen molar-refractivity contribution in [2.45, 2.75) is 13.3 Å². The number of fused-ring (bicyclic) bond motifs is 1. The SMILES string of the molecule is CC1=Cc2c(cccc2-c2ccccc2)C1.[Cl][Hf][Cl]. The molecule has 0 unspecified atom stereocenters. The summed E-state index contributed by atoms with van der Waals surface area (Å²) in [5, 5.41) is 0. The minimum absolute atomic E-state index is 0.972. The fourth-order valence-electron chi connectivity index (χ4n) is 2.40. The predicted molar refractivity (Wildman–Crippen MR) is 80.9 cm³/mol. The Morgan fingerprint density at radius 2 is 1.63 bits per heavy atom. The van der Waals surface area contributed by atoms with E-state index in [-0.39, 0.29) is 0 Å². The Balaban J connectivity index is 0.000000408. The molecule has 0 fully saturated rings. The topological polar surface area (TPSA) is 0 Å². The van der Waals surface area contributed by atoms with Crippen LogP contribution in [0, 0.1) is 0 Å². The molecule has 0 N–H and O–H groups in total. The second-order valence-corrected chi connectivity index (χ2v) is 9.67. The quantitative estimate of drug-likeness (QED) is 0.485. The van der Waals surface area contributed by atoms with Crippen molar-refractivity contribution in [2.75, 3.05) is 0 Å². The first-order chi connectivity index (χ1) is 9.26. The number of allylic oxidation sites excluding steroid dienone is 1. The van der Waals surface area contributed by atoms with Crippen LogP contribution in [0.25, 0.3) is 17.2 Å². The third-order valence-electron chi connectivity index (χ3n) is 3.14. The average Bonchev–Trinajstić information content (AvgIpc) is 2.80. The number of benzene rings is 2. The van der Waals surface area contributed by atoms with Crippen molar-refractivity contribution in [3.8, 4) is 11.1 Å². The van der Waals surface area contributed by atoms with E-state index in [1.54, 1.807) is 0 Å². The van der Waals surface area contributed by atoms with Crippen molar-refractivity contribution in [1.82, 2.24) is 0 Å². The van der Waals surface area contributed by atoms with Gasteiger partial charge in [-0.15, -0.1) is 0 Å². The van der Waals surface area contributed by atoms with Crippen LogP contribution < -0.4 is 0 Å². The summed E-state index contributed by atoms with van der Waals surface area (Å²) < 4.78 is 0. The van der Waals surface area contributed by atoms with Crippen LogP contribution in [0.1, 0.15) is 18.1 Å². The van der Waals surface area contributed by atoms with Gasteiger partial charge in [-0.3, -0.25) is 0 Å². The summed E-state index contributed by atoms with van der Waals surface area (Å²) in [6.45, 7) is 2.20. The Morgan fingerprint density at radius 1 is 0.947 bits per heavy atom. The van der Waals surface area contributed by atoms with E-state index in [1.807, 2.05) is 0 Å². The van der Waals surface area contributed by atoms with Crippen molar-refractivity contribution >= 4 is 23.2 Å². The van der Waals surface area contributed by atoms with Crippen LogP contribution >= 0.6 is 17.2 Å². The van der Waals surface area contributed by atoms with E-state index in [0.717, 1.165) is 6.42 Å². The van der Waals surface area contributed by atoms with Crippen molar-refractivity contribution in [3.05, 3.63) is 65.2 Å². The van der Waals surface area contributed by atoms with Crippen LogP contribution in [-0.2, 0) is 27.0 Å². The summed E-state index contributed by atoms with van der Waals surface area (Å²) in [6.07, 6.45) is 3.42. The molecule has 3 rings (SSSR count). The number of rotatable bonds is 1. The fraction of sp³-hybridized carbons (Fsp3) is 0.125. The second-order valence-electron chi connectivity index (χ2n) is 4.48. The van der Waals surface area contributed by atoms with Crippen LogP contribution in [0.5, 0.6) is 0 Å². The zero-order valence-electron chi connectivity index (χ0n) is 10.7. The maximum atomic E-state index is 4.96. The van der Waals surface area contributed by atoms with Crippen LogP contribution in [0.4, 0.5) is 0 Å². The zero-order chi connectivity index (χ0) is 13.7. The molecule has 0 spiro atoms. The van der Waals surface area contributed by atoms with Gasteiger partial charge in [0.15, 0.2) is 0 Å². The number of halogens is 2. The van der Waals surface area contributed by atoms with E-state index in [0.29, 0.717) is 0 Å². The number of hydrogen-bond donors (Lipinski definition) is 0. The molecular weight excluding hydrogens is 442 g/mol. The van der Waals surface area contributed by atoms with Gasteiger partial charge in [0.1, 0.15) is 0 Å². The molecule has 0 atom stereocenters. The maximum absolute atomic E-state index is 4.96. The van der Waals surface area contributed by atoms with Crippen molar-refractivity contribution in [2.24, 2.45) is 0 Å². The summed E-state index contributed by atoms with van der Waals surface area (Å²) in [5.74, 6) is 0. The standard InChI is InChI=1S/C16H14.2ClH.Hf/c1-12-10-14-8-5-9-15(16(14)11-12)13-6-3-2-4-7-13;;;/h2-9,11H,10H2,1H3;2*1H;/q;;;+2/p-2. The first kappa shape index (κ1) is 15.0. The fourth-order valence-corrected chi connectivity index (χ4v) is 2.40. The third-order valence-corrected chi connectivity index (χ3v) is 3.14. The molecule has 0 aliphatic heterocycles. The van der Waals surface area contributed by atoms with Gasteiger partial charge in [0.2, 0.25) is 0 Å². The molecule has 0 heterocycles. The first-order valence-electron chi connectivity index (χ1n) is 6.07. The summed E-state index contributed by atoms with van der Waals surface area (Å²) >= 11 is -0.972. The summed E-state index contributed by atoms with van der Waals surface area (Å²) in [6, 6.07) is 17.2. The van der Waals surface area contributed by atoms with Gasteiger partial charge in [0, 0.05) is 0 Å². The van der Waals surface area contributed by atoms with Gasteiger partial charge >= 0.3 is 37.7 Å². The molecule has 19 heavy (non-hydrogen) atoms. The van der Waals surface area contributed by atoms with Crippen LogP contribution in [-0.4, -0.2) is 0 Å². The second kappa shape index (κ2) is 7.42. The Morgan fingerprint density at radius 3 is 2.32 bits per heavy atom. The molecular formula is C16H14Cl2Hf. The van der Waals surface area contributed by atoms with Gasteiger partial charge in [-0.05, 0) is 35.6 Å². The molecule has 0 saturated carbocycles. The van der Waals surface area contributed by atoms with Crippen molar-refractivity contribution in [3.63, 3.8) is 0 Å². The molecule has 0 saturated heterocycles. The van der Waals surface area contributed by atoms with E-state index in [2.05, 4.69) is 61.5 Å². The molecule has 2 aromatic rings. The summed E-state index contributed by atoms with van der Waals surface area (Å²) in [4.78, 5) is 0. The van der Waals surface area contributed by atoms with E-state index >= 15 is 0 Å². The summed E-state index contributed by atoms with van der Waals surface area (Å²) in [5.41, 5.74) is 6.99. The van der Waals surface area contributed by atoms with Gasteiger partial charge < -0.3 is 0 Å². The van der Waals surface area contributed by atoms with E-state index < -0.39 is 20.5 Å². The van der Waals surface area contributed by atoms with Gasteiger partial charge in [-0.25, -0.2) is 0 Å². The van der Waals surface area contributed by atoms with E-state index in [9.17, 15) is 0 Å². The van der Waals surface area contributed by atoms with Gasteiger partial charge in [0.05, 0.1) is 0 Å². The number of hydrogen-bond acceptors (Lipinski definition) is 0. The zero-order valence-corrected chi connectivity index (χ0v) is 15.8. The van der Waals surface area contributed by atoms with Gasteiger partial charge in [-0.2, -0.15) is 0 Å². The Hall–Kier alpha value is -0.370. The average molecular weight is 456 g/mol. The van der Waals surface area contributed by atoms with E-state index in [1.165, 1.54) is 27.8 Å². The molecule has 0 nitrogen and oxygen atoms in total. The molecule has 1 aliphatic carbocycles. The normalized spacial score (nSPS) is 12.1. The molecule has 0 radical (unpaired) electrons. The molecule has 0 amide bonds. The van der Waals surface area contributed by atoms with Crippen LogP contribution in [0.15, 0.2) is 54.1 Å². The monoisotopic (exact) mass is 456 g/mol. The van der Waals surface area contributed by atoms with Crippen LogP contribution in [0.3, 0.4) is 0 Å². The minimum atomic E-state index is -0.972. The molecule has 3 heteroatoms. The van der Waals surface area contributed by atoms with Gasteiger partial charge in [0.25, 0.3) is 0 Å². The summed E-state index contributed by atoms with van der Waals surface area (Å²) in [7, 11) is 9.92. The van der Waals surface area contributed by atoms with E-state index in [4.69, 9.17) is 17.2 Å². The molecule has 0 aromatic heterocycles. The molecule has 96 valence electrons. The molecule has 0 bridgehead atoms. The van der Waals surface area contributed by atoms with Gasteiger partial charge in [-0.1, -0.05) is 60.2 Å². The Labute approximate surface area is 133 Å². The van der Waals surface area contributed by atoms with Crippen molar-refractivity contribution in [1.29, 1.82) is 0 Å². The van der Waals surface area contributed by atoms with Crippen LogP contribution in [0.2, 0.25) is 0 Å². The first-order valence-corrected chi connectivity index (χ1v) is 15.0. The molecule has 1 aliphatic rings. The Bertz CT molecular complexity index is 577. The third kappa shape index (κ3) is 3.81. The van der Waals surface area contributed by atoms with Crippen molar-refractivity contribution < 1.29 is 20.5 Å². The predicted octanol–water partition coefficient (Wildman–Crippen LogP) is 5.69. The molecule has 2 aromatic carbocycles. The Kier molecular flexibility index (Phi) is 5.87.